The summed E-state index contributed by atoms with van der Waals surface area (Å²) < 4.78 is 5.86. The number of likely N-dealkylation sites (tertiary alicyclic amines) is 1. The number of rotatable bonds is 10. The molecule has 0 radical (unpaired) electrons. The Bertz CT molecular complexity index is 509. The Morgan fingerprint density at radius 3 is 2.58 bits per heavy atom. The number of nitrogens with zero attached hydrogens (tertiary/aromatic N) is 1. The minimum Gasteiger partial charge on any atom is -0.492 e. The topological polar surface area (TPSA) is 12.5 Å². The molecule has 1 aromatic carbocycles. The summed E-state index contributed by atoms with van der Waals surface area (Å²) in [5, 5.41) is 0. The van der Waals surface area contributed by atoms with E-state index in [9.17, 15) is 0 Å². The van der Waals surface area contributed by atoms with E-state index in [-0.39, 0.29) is 0 Å². The number of hydrogen-bond acceptors (Lipinski definition) is 2. The molecule has 0 bridgehead atoms. The van der Waals surface area contributed by atoms with Gasteiger partial charge < -0.3 is 4.74 Å². The smallest absolute Gasteiger partial charge is 0.119 e. The lowest BCUT2D eigenvalue weighted by atomic mass is 10.1. The predicted octanol–water partition coefficient (Wildman–Crippen LogP) is 5.70. The lowest BCUT2D eigenvalue weighted by molar-refractivity contribution is 0.238. The van der Waals surface area contributed by atoms with Crippen LogP contribution in [-0.4, -0.2) is 31.1 Å². The molecule has 1 aliphatic rings. The Hall–Kier alpha value is -1.54. The summed E-state index contributed by atoms with van der Waals surface area (Å²) in [6.07, 6.45) is 14.4. The van der Waals surface area contributed by atoms with Crippen molar-refractivity contribution in [3.63, 3.8) is 0 Å². The fraction of sp³-hybridized carbons (Fsp3) is 0.545. The highest BCUT2D eigenvalue weighted by Gasteiger charge is 2.10. The number of benzene rings is 1. The zero-order valence-corrected chi connectivity index (χ0v) is 15.5. The third-order valence-electron chi connectivity index (χ3n) is 4.64. The Labute approximate surface area is 148 Å². The van der Waals surface area contributed by atoms with E-state index in [0.717, 1.165) is 18.9 Å². The molecule has 1 aromatic rings. The maximum Gasteiger partial charge on any atom is 0.119 e. The van der Waals surface area contributed by atoms with Crippen molar-refractivity contribution in [3.8, 4) is 5.75 Å². The van der Waals surface area contributed by atoms with Gasteiger partial charge in [0.25, 0.3) is 0 Å². The molecule has 1 saturated heterocycles. The van der Waals surface area contributed by atoms with Crippen LogP contribution in [0.25, 0.3) is 5.57 Å². The van der Waals surface area contributed by atoms with Crippen molar-refractivity contribution in [2.75, 3.05) is 26.2 Å². The average molecular weight is 328 g/mol. The van der Waals surface area contributed by atoms with E-state index < -0.39 is 0 Å². The SMILES string of the molecule is CCCCC/C=C/C=C(/C)c1ccc(OCCN2CCCC2)cc1. The second kappa shape index (κ2) is 11.1. The van der Waals surface area contributed by atoms with Gasteiger partial charge in [-0.15, -0.1) is 0 Å². The van der Waals surface area contributed by atoms with E-state index in [1.165, 1.54) is 62.8 Å². The van der Waals surface area contributed by atoms with Crippen LogP contribution in [0.3, 0.4) is 0 Å². The van der Waals surface area contributed by atoms with Crippen molar-refractivity contribution >= 4 is 5.57 Å². The fourth-order valence-electron chi connectivity index (χ4n) is 3.03. The van der Waals surface area contributed by atoms with E-state index in [4.69, 9.17) is 4.74 Å². The van der Waals surface area contributed by atoms with Crippen molar-refractivity contribution in [3.05, 3.63) is 48.1 Å². The Kier molecular flexibility index (Phi) is 8.69. The van der Waals surface area contributed by atoms with Crippen LogP contribution in [0.1, 0.15) is 57.9 Å². The maximum atomic E-state index is 5.86. The molecule has 2 rings (SSSR count). The first kappa shape index (κ1) is 18.8. The first-order valence-electron chi connectivity index (χ1n) is 9.58. The first-order valence-corrected chi connectivity index (χ1v) is 9.58. The summed E-state index contributed by atoms with van der Waals surface area (Å²) >= 11 is 0. The molecule has 2 nitrogen and oxygen atoms in total. The number of unbranched alkanes of at least 4 members (excludes halogenated alkanes) is 3. The van der Waals surface area contributed by atoms with Gasteiger partial charge in [0.15, 0.2) is 0 Å². The molecule has 0 aliphatic carbocycles. The van der Waals surface area contributed by atoms with Crippen LogP contribution in [0, 0.1) is 0 Å². The molecule has 1 fully saturated rings. The van der Waals surface area contributed by atoms with Crippen molar-refractivity contribution in [1.29, 1.82) is 0 Å². The molecule has 0 saturated carbocycles. The zero-order valence-electron chi connectivity index (χ0n) is 15.5. The molecule has 0 unspecified atom stereocenters. The van der Waals surface area contributed by atoms with Gasteiger partial charge in [0, 0.05) is 6.54 Å². The van der Waals surface area contributed by atoms with E-state index in [2.05, 4.69) is 61.2 Å². The highest BCUT2D eigenvalue weighted by molar-refractivity contribution is 5.65. The van der Waals surface area contributed by atoms with E-state index in [1.54, 1.807) is 0 Å². The molecule has 24 heavy (non-hydrogen) atoms. The summed E-state index contributed by atoms with van der Waals surface area (Å²) in [5.74, 6) is 0.973. The molecule has 0 aromatic heterocycles. The predicted molar refractivity (Wildman–Crippen MR) is 105 cm³/mol. The van der Waals surface area contributed by atoms with Crippen LogP contribution in [0.2, 0.25) is 0 Å². The van der Waals surface area contributed by atoms with Crippen LogP contribution >= 0.6 is 0 Å². The molecule has 1 heterocycles. The second-order valence-corrected chi connectivity index (χ2v) is 6.70. The average Bonchev–Trinajstić information content (AvgIpc) is 3.12. The van der Waals surface area contributed by atoms with Crippen LogP contribution in [-0.2, 0) is 0 Å². The highest BCUT2D eigenvalue weighted by Crippen LogP contribution is 2.19. The fourth-order valence-corrected chi connectivity index (χ4v) is 3.03. The summed E-state index contributed by atoms with van der Waals surface area (Å²) in [6.45, 7) is 8.71. The third-order valence-corrected chi connectivity index (χ3v) is 4.64. The zero-order chi connectivity index (χ0) is 17.0. The maximum absolute atomic E-state index is 5.86. The summed E-state index contributed by atoms with van der Waals surface area (Å²) in [6, 6.07) is 8.48. The van der Waals surface area contributed by atoms with Crippen LogP contribution in [0.15, 0.2) is 42.5 Å². The summed E-state index contributed by atoms with van der Waals surface area (Å²) in [4.78, 5) is 2.48. The number of ether oxygens (including phenoxy) is 1. The van der Waals surface area contributed by atoms with E-state index in [0.29, 0.717) is 0 Å². The van der Waals surface area contributed by atoms with Gasteiger partial charge in [-0.05, 0) is 69.0 Å². The molecular formula is C22H33NO. The van der Waals surface area contributed by atoms with E-state index in [1.807, 2.05) is 0 Å². The molecule has 0 atom stereocenters. The van der Waals surface area contributed by atoms with Crippen LogP contribution < -0.4 is 4.74 Å². The summed E-state index contributed by atoms with van der Waals surface area (Å²) in [7, 11) is 0. The monoisotopic (exact) mass is 327 g/mol. The van der Waals surface area contributed by atoms with Gasteiger partial charge in [0.05, 0.1) is 0 Å². The molecular weight excluding hydrogens is 294 g/mol. The lowest BCUT2D eigenvalue weighted by Gasteiger charge is -2.15. The van der Waals surface area contributed by atoms with Gasteiger partial charge >= 0.3 is 0 Å². The molecule has 1 aliphatic heterocycles. The molecule has 2 heteroatoms. The Balaban J connectivity index is 1.73. The van der Waals surface area contributed by atoms with Gasteiger partial charge in [-0.2, -0.15) is 0 Å². The molecule has 0 spiro atoms. The number of allylic oxidation sites excluding steroid dienone is 4. The normalized spacial score (nSPS) is 16.2. The van der Waals surface area contributed by atoms with Crippen molar-refractivity contribution in [2.24, 2.45) is 0 Å². The highest BCUT2D eigenvalue weighted by atomic mass is 16.5. The minimum absolute atomic E-state index is 0.786. The summed E-state index contributed by atoms with van der Waals surface area (Å²) in [5.41, 5.74) is 2.56. The standard InChI is InChI=1S/C22H33NO/c1-3-4-5-6-7-8-11-20(2)21-12-14-22(15-13-21)24-19-18-23-16-9-10-17-23/h7-8,11-15H,3-6,9-10,16-19H2,1-2H3/b8-7+,20-11-. The largest absolute Gasteiger partial charge is 0.492 e. The van der Waals surface area contributed by atoms with Gasteiger partial charge in [-0.1, -0.05) is 50.1 Å². The molecule has 0 N–H and O–H groups in total. The lowest BCUT2D eigenvalue weighted by Crippen LogP contribution is -2.25. The van der Waals surface area contributed by atoms with Gasteiger partial charge in [-0.3, -0.25) is 4.90 Å². The Morgan fingerprint density at radius 1 is 1.12 bits per heavy atom. The van der Waals surface area contributed by atoms with Crippen LogP contribution in [0.4, 0.5) is 0 Å². The number of hydrogen-bond donors (Lipinski definition) is 0. The van der Waals surface area contributed by atoms with Crippen LogP contribution in [0.5, 0.6) is 5.75 Å². The quantitative estimate of drug-likeness (QED) is 0.403. The van der Waals surface area contributed by atoms with Crippen molar-refractivity contribution in [2.45, 2.75) is 52.4 Å². The molecule has 0 amide bonds. The first-order chi connectivity index (χ1) is 11.8. The van der Waals surface area contributed by atoms with Crippen molar-refractivity contribution in [1.82, 2.24) is 4.90 Å². The van der Waals surface area contributed by atoms with Gasteiger partial charge in [0.1, 0.15) is 12.4 Å². The third kappa shape index (κ3) is 6.92. The van der Waals surface area contributed by atoms with Gasteiger partial charge in [-0.25, -0.2) is 0 Å². The molecule has 132 valence electrons. The van der Waals surface area contributed by atoms with Crippen molar-refractivity contribution < 1.29 is 4.74 Å². The minimum atomic E-state index is 0.786. The Morgan fingerprint density at radius 2 is 1.88 bits per heavy atom. The van der Waals surface area contributed by atoms with E-state index >= 15 is 0 Å². The van der Waals surface area contributed by atoms with Gasteiger partial charge in [0.2, 0.25) is 0 Å². The second-order valence-electron chi connectivity index (χ2n) is 6.70.